The topological polar surface area (TPSA) is 16.1 Å². The Morgan fingerprint density at radius 3 is 2.17 bits per heavy atom. The Kier molecular flexibility index (Phi) is 4.45. The highest BCUT2D eigenvalue weighted by molar-refractivity contribution is 6.35. The fourth-order valence-electron chi connectivity index (χ4n) is 1.85. The standard InChI is InChI=1S/C14H14Cl2N2/c1-2-7-18(13-3-5-17-6-4-13)14-9-11(15)8-12(16)10-14/h3-6,8-10H,2,7H2,1H3. The van der Waals surface area contributed by atoms with Crippen molar-refractivity contribution in [3.63, 3.8) is 0 Å². The molecule has 0 saturated carbocycles. The van der Waals surface area contributed by atoms with E-state index in [9.17, 15) is 0 Å². The van der Waals surface area contributed by atoms with Crippen molar-refractivity contribution in [2.45, 2.75) is 13.3 Å². The van der Waals surface area contributed by atoms with Gasteiger partial charge >= 0.3 is 0 Å². The van der Waals surface area contributed by atoms with Crippen molar-refractivity contribution in [2.75, 3.05) is 11.4 Å². The van der Waals surface area contributed by atoms with Crippen LogP contribution in [0.5, 0.6) is 0 Å². The van der Waals surface area contributed by atoms with Crippen LogP contribution in [0.1, 0.15) is 13.3 Å². The molecule has 18 heavy (non-hydrogen) atoms. The van der Waals surface area contributed by atoms with Crippen LogP contribution >= 0.6 is 23.2 Å². The zero-order chi connectivity index (χ0) is 13.0. The molecule has 0 amide bonds. The van der Waals surface area contributed by atoms with E-state index in [1.807, 2.05) is 24.3 Å². The first-order chi connectivity index (χ1) is 8.70. The maximum absolute atomic E-state index is 6.06. The molecule has 0 unspecified atom stereocenters. The summed E-state index contributed by atoms with van der Waals surface area (Å²) in [7, 11) is 0. The van der Waals surface area contributed by atoms with Gasteiger partial charge < -0.3 is 4.90 Å². The minimum atomic E-state index is 0.646. The van der Waals surface area contributed by atoms with Crippen molar-refractivity contribution in [2.24, 2.45) is 0 Å². The lowest BCUT2D eigenvalue weighted by atomic mass is 10.2. The smallest absolute Gasteiger partial charge is 0.0441 e. The second-order valence-corrected chi connectivity index (χ2v) is 4.86. The predicted octanol–water partition coefficient (Wildman–Crippen LogP) is 4.94. The summed E-state index contributed by atoms with van der Waals surface area (Å²) in [5.41, 5.74) is 2.09. The number of nitrogens with zero attached hydrogens (tertiary/aromatic N) is 2. The molecule has 0 fully saturated rings. The van der Waals surface area contributed by atoms with Gasteiger partial charge in [0.2, 0.25) is 0 Å². The lowest BCUT2D eigenvalue weighted by Gasteiger charge is -2.24. The quantitative estimate of drug-likeness (QED) is 0.789. The zero-order valence-electron chi connectivity index (χ0n) is 10.1. The summed E-state index contributed by atoms with van der Waals surface area (Å²) in [6, 6.07) is 9.53. The molecule has 2 rings (SSSR count). The van der Waals surface area contributed by atoms with E-state index in [0.29, 0.717) is 10.0 Å². The van der Waals surface area contributed by atoms with Crippen molar-refractivity contribution in [3.05, 3.63) is 52.8 Å². The lowest BCUT2D eigenvalue weighted by Crippen LogP contribution is -2.17. The lowest BCUT2D eigenvalue weighted by molar-refractivity contribution is 0.884. The molecule has 0 bridgehead atoms. The van der Waals surface area contributed by atoms with Crippen molar-refractivity contribution < 1.29 is 0 Å². The van der Waals surface area contributed by atoms with Gasteiger partial charge in [-0.2, -0.15) is 0 Å². The van der Waals surface area contributed by atoms with Gasteiger partial charge in [0.05, 0.1) is 0 Å². The maximum atomic E-state index is 6.06. The van der Waals surface area contributed by atoms with Crippen molar-refractivity contribution in [3.8, 4) is 0 Å². The number of pyridine rings is 1. The van der Waals surface area contributed by atoms with Gasteiger partial charge in [0.1, 0.15) is 0 Å². The van der Waals surface area contributed by atoms with E-state index in [2.05, 4.69) is 16.8 Å². The Morgan fingerprint density at radius 2 is 1.61 bits per heavy atom. The van der Waals surface area contributed by atoms with Gasteiger partial charge in [-0.05, 0) is 36.8 Å². The Bertz CT molecular complexity index is 494. The summed E-state index contributed by atoms with van der Waals surface area (Å²) in [6.07, 6.45) is 4.60. The fraction of sp³-hybridized carbons (Fsp3) is 0.214. The average Bonchev–Trinajstić information content (AvgIpc) is 2.36. The number of aromatic nitrogens is 1. The van der Waals surface area contributed by atoms with Gasteiger partial charge in [-0.3, -0.25) is 4.98 Å². The van der Waals surface area contributed by atoms with Gasteiger partial charge in [0.25, 0.3) is 0 Å². The number of halogens is 2. The van der Waals surface area contributed by atoms with Gasteiger partial charge in [-0.25, -0.2) is 0 Å². The second-order valence-electron chi connectivity index (χ2n) is 3.98. The zero-order valence-corrected chi connectivity index (χ0v) is 11.6. The van der Waals surface area contributed by atoms with Crippen LogP contribution in [0, 0.1) is 0 Å². The first-order valence-corrected chi connectivity index (χ1v) is 6.60. The molecule has 0 spiro atoms. The summed E-state index contributed by atoms with van der Waals surface area (Å²) >= 11 is 12.1. The summed E-state index contributed by atoms with van der Waals surface area (Å²) in [4.78, 5) is 6.22. The van der Waals surface area contributed by atoms with E-state index in [1.165, 1.54) is 0 Å². The predicted molar refractivity (Wildman–Crippen MR) is 78.0 cm³/mol. The van der Waals surface area contributed by atoms with E-state index in [1.54, 1.807) is 18.5 Å². The molecule has 0 aliphatic rings. The third kappa shape index (κ3) is 3.15. The molecule has 0 radical (unpaired) electrons. The normalized spacial score (nSPS) is 10.4. The molecule has 1 heterocycles. The first-order valence-electron chi connectivity index (χ1n) is 5.84. The molecular formula is C14H14Cl2N2. The number of anilines is 2. The van der Waals surface area contributed by atoms with E-state index in [0.717, 1.165) is 24.3 Å². The monoisotopic (exact) mass is 280 g/mol. The molecule has 0 aliphatic carbocycles. The summed E-state index contributed by atoms with van der Waals surface area (Å²) in [5, 5.41) is 1.29. The second kappa shape index (κ2) is 6.07. The molecule has 2 aromatic rings. The average molecular weight is 281 g/mol. The molecule has 0 atom stereocenters. The Balaban J connectivity index is 2.41. The number of rotatable bonds is 4. The number of hydrogen-bond acceptors (Lipinski definition) is 2. The maximum Gasteiger partial charge on any atom is 0.0441 e. The van der Waals surface area contributed by atoms with E-state index < -0.39 is 0 Å². The largest absolute Gasteiger partial charge is 0.341 e. The number of benzene rings is 1. The van der Waals surface area contributed by atoms with Crippen LogP contribution in [0.25, 0.3) is 0 Å². The van der Waals surface area contributed by atoms with Crippen LogP contribution in [-0.2, 0) is 0 Å². The van der Waals surface area contributed by atoms with E-state index >= 15 is 0 Å². The minimum Gasteiger partial charge on any atom is -0.341 e. The molecule has 4 heteroatoms. The highest BCUT2D eigenvalue weighted by Crippen LogP contribution is 2.30. The van der Waals surface area contributed by atoms with Gasteiger partial charge in [-0.1, -0.05) is 30.1 Å². The van der Waals surface area contributed by atoms with Crippen molar-refractivity contribution in [1.29, 1.82) is 0 Å². The van der Waals surface area contributed by atoms with Crippen LogP contribution in [0.15, 0.2) is 42.7 Å². The molecule has 0 N–H and O–H groups in total. The highest BCUT2D eigenvalue weighted by atomic mass is 35.5. The summed E-state index contributed by atoms with van der Waals surface area (Å²) in [5.74, 6) is 0. The Labute approximate surface area is 117 Å². The Morgan fingerprint density at radius 1 is 1.00 bits per heavy atom. The molecular weight excluding hydrogens is 267 g/mol. The van der Waals surface area contributed by atoms with Gasteiger partial charge in [-0.15, -0.1) is 0 Å². The first kappa shape index (κ1) is 13.2. The molecule has 0 saturated heterocycles. The minimum absolute atomic E-state index is 0.646. The van der Waals surface area contributed by atoms with E-state index in [-0.39, 0.29) is 0 Å². The van der Waals surface area contributed by atoms with Crippen LogP contribution in [0.3, 0.4) is 0 Å². The highest BCUT2D eigenvalue weighted by Gasteiger charge is 2.09. The third-order valence-corrected chi connectivity index (χ3v) is 3.02. The molecule has 1 aromatic heterocycles. The number of hydrogen-bond donors (Lipinski definition) is 0. The van der Waals surface area contributed by atoms with Gasteiger partial charge in [0, 0.05) is 40.4 Å². The van der Waals surface area contributed by atoms with Crippen LogP contribution < -0.4 is 4.90 Å². The summed E-state index contributed by atoms with van der Waals surface area (Å²) < 4.78 is 0. The van der Waals surface area contributed by atoms with Gasteiger partial charge in [0.15, 0.2) is 0 Å². The fourth-order valence-corrected chi connectivity index (χ4v) is 2.36. The van der Waals surface area contributed by atoms with Crippen LogP contribution in [-0.4, -0.2) is 11.5 Å². The SMILES string of the molecule is CCCN(c1ccncc1)c1cc(Cl)cc(Cl)c1. The third-order valence-electron chi connectivity index (χ3n) is 2.58. The van der Waals surface area contributed by atoms with Crippen molar-refractivity contribution >= 4 is 34.6 Å². The molecule has 94 valence electrons. The summed E-state index contributed by atoms with van der Waals surface area (Å²) in [6.45, 7) is 3.04. The van der Waals surface area contributed by atoms with Crippen LogP contribution in [0.2, 0.25) is 10.0 Å². The van der Waals surface area contributed by atoms with Crippen LogP contribution in [0.4, 0.5) is 11.4 Å². The Hall–Kier alpha value is -1.25. The molecule has 1 aromatic carbocycles. The van der Waals surface area contributed by atoms with E-state index in [4.69, 9.17) is 23.2 Å². The molecule has 0 aliphatic heterocycles. The molecule has 2 nitrogen and oxygen atoms in total. The van der Waals surface area contributed by atoms with Crippen molar-refractivity contribution in [1.82, 2.24) is 4.98 Å².